The standard InChI is InChI=1S/C21H27F3N2O/c22-21(23,24)16-7-9-17(10-8-16)25-13-4-11-20(15-25)12-14-26(19(20)27)18-5-2-1-3-6-18/h7-10,18H,1-6,11-15H2. The largest absolute Gasteiger partial charge is 0.416 e. The molecule has 2 saturated heterocycles. The van der Waals surface area contributed by atoms with Crippen LogP contribution in [0.1, 0.15) is 56.9 Å². The summed E-state index contributed by atoms with van der Waals surface area (Å²) in [4.78, 5) is 17.5. The fraction of sp³-hybridized carbons (Fsp3) is 0.667. The van der Waals surface area contributed by atoms with Gasteiger partial charge in [0, 0.05) is 31.4 Å². The fourth-order valence-electron chi connectivity index (χ4n) is 5.18. The van der Waals surface area contributed by atoms with E-state index in [1.54, 1.807) is 12.1 Å². The number of hydrogen-bond donors (Lipinski definition) is 0. The third-order valence-electron chi connectivity index (χ3n) is 6.70. The number of carbonyl (C=O) groups is 1. The first-order valence-electron chi connectivity index (χ1n) is 10.1. The summed E-state index contributed by atoms with van der Waals surface area (Å²) < 4.78 is 38.4. The predicted octanol–water partition coefficient (Wildman–Crippen LogP) is 4.86. The van der Waals surface area contributed by atoms with Crippen molar-refractivity contribution in [3.63, 3.8) is 0 Å². The number of carbonyl (C=O) groups excluding carboxylic acids is 1. The van der Waals surface area contributed by atoms with E-state index in [9.17, 15) is 18.0 Å². The van der Waals surface area contributed by atoms with Crippen LogP contribution in [0.4, 0.5) is 18.9 Å². The highest BCUT2D eigenvalue weighted by Crippen LogP contribution is 2.43. The first-order valence-corrected chi connectivity index (χ1v) is 10.1. The second kappa shape index (κ2) is 7.02. The molecule has 1 saturated carbocycles. The van der Waals surface area contributed by atoms with Gasteiger partial charge in [-0.3, -0.25) is 4.79 Å². The van der Waals surface area contributed by atoms with Gasteiger partial charge in [-0.15, -0.1) is 0 Å². The maximum Gasteiger partial charge on any atom is 0.416 e. The summed E-state index contributed by atoms with van der Waals surface area (Å²) in [5.41, 5.74) is -0.192. The zero-order chi connectivity index (χ0) is 19.1. The van der Waals surface area contributed by atoms with Gasteiger partial charge in [0.2, 0.25) is 5.91 Å². The van der Waals surface area contributed by atoms with E-state index >= 15 is 0 Å². The molecule has 0 bridgehead atoms. The van der Waals surface area contributed by atoms with Gasteiger partial charge in [0.25, 0.3) is 0 Å². The average molecular weight is 380 g/mol. The molecule has 1 spiro atoms. The molecule has 1 unspecified atom stereocenters. The molecule has 1 atom stereocenters. The van der Waals surface area contributed by atoms with Gasteiger partial charge in [-0.1, -0.05) is 19.3 Å². The summed E-state index contributed by atoms with van der Waals surface area (Å²) in [6, 6.07) is 5.76. The van der Waals surface area contributed by atoms with Gasteiger partial charge in [0.15, 0.2) is 0 Å². The molecule has 148 valence electrons. The van der Waals surface area contributed by atoms with Gasteiger partial charge in [-0.25, -0.2) is 0 Å². The van der Waals surface area contributed by atoms with Crippen LogP contribution in [0.25, 0.3) is 0 Å². The quantitative estimate of drug-likeness (QED) is 0.732. The van der Waals surface area contributed by atoms with Crippen LogP contribution < -0.4 is 4.90 Å². The lowest BCUT2D eigenvalue weighted by molar-refractivity contribution is -0.139. The highest BCUT2D eigenvalue weighted by Gasteiger charge is 2.50. The molecule has 4 rings (SSSR count). The summed E-state index contributed by atoms with van der Waals surface area (Å²) >= 11 is 0. The molecule has 3 fully saturated rings. The van der Waals surface area contributed by atoms with E-state index in [-0.39, 0.29) is 11.3 Å². The molecule has 6 heteroatoms. The van der Waals surface area contributed by atoms with E-state index in [1.165, 1.54) is 19.3 Å². The summed E-state index contributed by atoms with van der Waals surface area (Å²) in [5, 5.41) is 0. The highest BCUT2D eigenvalue weighted by atomic mass is 19.4. The van der Waals surface area contributed by atoms with E-state index in [1.807, 2.05) is 0 Å². The maximum atomic E-state index is 13.3. The van der Waals surface area contributed by atoms with E-state index in [0.717, 1.165) is 63.0 Å². The van der Waals surface area contributed by atoms with Gasteiger partial charge in [0.05, 0.1) is 11.0 Å². The van der Waals surface area contributed by atoms with Crippen molar-refractivity contribution >= 4 is 11.6 Å². The normalized spacial score (nSPS) is 27.6. The SMILES string of the molecule is O=C1N(C2CCCCC2)CCC12CCCN(c1ccc(C(F)(F)F)cc1)C2. The Labute approximate surface area is 158 Å². The molecular weight excluding hydrogens is 353 g/mol. The lowest BCUT2D eigenvalue weighted by Crippen LogP contribution is -2.49. The van der Waals surface area contributed by atoms with Crippen molar-refractivity contribution in [1.82, 2.24) is 4.90 Å². The Bertz CT molecular complexity index is 682. The molecule has 3 aliphatic rings. The van der Waals surface area contributed by atoms with Gasteiger partial charge < -0.3 is 9.80 Å². The molecule has 0 aromatic heterocycles. The smallest absolute Gasteiger partial charge is 0.370 e. The minimum atomic E-state index is -4.32. The maximum absolute atomic E-state index is 13.3. The molecule has 0 N–H and O–H groups in total. The van der Waals surface area contributed by atoms with Crippen LogP contribution in [-0.2, 0) is 11.0 Å². The minimum Gasteiger partial charge on any atom is -0.370 e. The van der Waals surface area contributed by atoms with Crippen LogP contribution in [-0.4, -0.2) is 36.5 Å². The monoisotopic (exact) mass is 380 g/mol. The Balaban J connectivity index is 1.48. The van der Waals surface area contributed by atoms with Crippen LogP contribution >= 0.6 is 0 Å². The van der Waals surface area contributed by atoms with Crippen molar-refractivity contribution in [2.24, 2.45) is 5.41 Å². The molecule has 1 aromatic carbocycles. The molecule has 3 nitrogen and oxygen atoms in total. The number of halogens is 3. The van der Waals surface area contributed by atoms with E-state index < -0.39 is 11.7 Å². The Morgan fingerprint density at radius 2 is 1.63 bits per heavy atom. The summed E-state index contributed by atoms with van der Waals surface area (Å²) in [6.07, 6.45) is 4.28. The highest BCUT2D eigenvalue weighted by molar-refractivity contribution is 5.86. The topological polar surface area (TPSA) is 23.6 Å². The fourth-order valence-corrected chi connectivity index (χ4v) is 5.18. The number of likely N-dealkylation sites (tertiary alicyclic amines) is 1. The van der Waals surface area contributed by atoms with Gasteiger partial charge in [-0.05, 0) is 56.4 Å². The third-order valence-corrected chi connectivity index (χ3v) is 6.70. The number of hydrogen-bond acceptors (Lipinski definition) is 2. The zero-order valence-electron chi connectivity index (χ0n) is 15.6. The van der Waals surface area contributed by atoms with Gasteiger partial charge in [0.1, 0.15) is 0 Å². The Morgan fingerprint density at radius 3 is 2.30 bits per heavy atom. The second-order valence-corrected chi connectivity index (χ2v) is 8.39. The predicted molar refractivity (Wildman–Crippen MR) is 98.5 cm³/mol. The molecular formula is C21H27F3N2O. The molecule has 1 amide bonds. The zero-order valence-corrected chi connectivity index (χ0v) is 15.6. The molecule has 27 heavy (non-hydrogen) atoms. The summed E-state index contributed by atoms with van der Waals surface area (Å²) in [7, 11) is 0. The van der Waals surface area contributed by atoms with Crippen molar-refractivity contribution in [2.75, 3.05) is 24.5 Å². The van der Waals surface area contributed by atoms with Crippen LogP contribution in [0.15, 0.2) is 24.3 Å². The van der Waals surface area contributed by atoms with Crippen molar-refractivity contribution in [3.8, 4) is 0 Å². The molecule has 1 aliphatic carbocycles. The number of nitrogens with zero attached hydrogens (tertiary/aromatic N) is 2. The van der Waals surface area contributed by atoms with Crippen LogP contribution in [0.2, 0.25) is 0 Å². The number of amides is 1. The number of piperidine rings is 1. The molecule has 2 aliphatic heterocycles. The van der Waals surface area contributed by atoms with E-state index in [4.69, 9.17) is 0 Å². The van der Waals surface area contributed by atoms with Crippen molar-refractivity contribution < 1.29 is 18.0 Å². The average Bonchev–Trinajstić information content (AvgIpc) is 2.98. The lowest BCUT2D eigenvalue weighted by atomic mass is 9.78. The molecule has 1 aromatic rings. The minimum absolute atomic E-state index is 0.283. The third kappa shape index (κ3) is 3.55. The lowest BCUT2D eigenvalue weighted by Gasteiger charge is -2.41. The molecule has 0 radical (unpaired) electrons. The number of anilines is 1. The van der Waals surface area contributed by atoms with Crippen LogP contribution in [0.5, 0.6) is 0 Å². The van der Waals surface area contributed by atoms with E-state index in [2.05, 4.69) is 9.80 Å². The molecule has 2 heterocycles. The summed E-state index contributed by atoms with van der Waals surface area (Å²) in [5.74, 6) is 0.283. The van der Waals surface area contributed by atoms with Crippen molar-refractivity contribution in [2.45, 2.75) is 63.6 Å². The summed E-state index contributed by atoms with van der Waals surface area (Å²) in [6.45, 7) is 2.26. The number of rotatable bonds is 2. The number of benzene rings is 1. The van der Waals surface area contributed by atoms with E-state index in [0.29, 0.717) is 12.6 Å². The van der Waals surface area contributed by atoms with Crippen LogP contribution in [0, 0.1) is 5.41 Å². The Morgan fingerprint density at radius 1 is 0.926 bits per heavy atom. The van der Waals surface area contributed by atoms with Crippen LogP contribution in [0.3, 0.4) is 0 Å². The first kappa shape index (κ1) is 18.6. The van der Waals surface area contributed by atoms with Crippen molar-refractivity contribution in [3.05, 3.63) is 29.8 Å². The van der Waals surface area contributed by atoms with Crippen molar-refractivity contribution in [1.29, 1.82) is 0 Å². The second-order valence-electron chi connectivity index (χ2n) is 8.39. The first-order chi connectivity index (χ1) is 12.9. The number of alkyl halides is 3. The van der Waals surface area contributed by atoms with Gasteiger partial charge in [-0.2, -0.15) is 13.2 Å². The Kier molecular flexibility index (Phi) is 4.85. The Hall–Kier alpha value is -1.72. The van der Waals surface area contributed by atoms with Gasteiger partial charge >= 0.3 is 6.18 Å².